The molecule has 17 heavy (non-hydrogen) atoms. The van der Waals surface area contributed by atoms with Gasteiger partial charge in [-0.05, 0) is 36.2 Å². The van der Waals surface area contributed by atoms with Crippen molar-refractivity contribution < 1.29 is 4.79 Å². The molecule has 0 aliphatic heterocycles. The van der Waals surface area contributed by atoms with Crippen LogP contribution in [0.1, 0.15) is 21.5 Å². The predicted molar refractivity (Wildman–Crippen MR) is 68.5 cm³/mol. The van der Waals surface area contributed by atoms with Crippen LogP contribution in [0.4, 0.5) is 0 Å². The van der Waals surface area contributed by atoms with E-state index < -0.39 is 0 Å². The first-order valence-corrected chi connectivity index (χ1v) is 5.73. The maximum atomic E-state index is 12.1. The third kappa shape index (κ3) is 2.92. The van der Waals surface area contributed by atoms with Gasteiger partial charge in [-0.2, -0.15) is 0 Å². The topological polar surface area (TPSA) is 30.0 Å². The van der Waals surface area contributed by atoms with Crippen molar-refractivity contribution in [2.75, 3.05) is 0 Å². The molecular formula is C14H12ClNO. The molecule has 0 amide bonds. The molecule has 0 radical (unpaired) electrons. The third-order valence-corrected chi connectivity index (χ3v) is 2.82. The van der Waals surface area contributed by atoms with Crippen molar-refractivity contribution in [3.63, 3.8) is 0 Å². The van der Waals surface area contributed by atoms with Crippen molar-refractivity contribution in [1.82, 2.24) is 4.98 Å². The molecule has 0 atom stereocenters. The standard InChI is InChI=1S/C14H12ClNO/c1-10-4-5-12(15)8-13(10)14(17)7-11-3-2-6-16-9-11/h2-6,8-9H,7H2,1H3. The van der Waals surface area contributed by atoms with Crippen LogP contribution in [0.5, 0.6) is 0 Å². The fourth-order valence-electron chi connectivity index (χ4n) is 1.68. The largest absolute Gasteiger partial charge is 0.294 e. The summed E-state index contributed by atoms with van der Waals surface area (Å²) in [5.74, 6) is 0.0676. The number of nitrogens with zero attached hydrogens (tertiary/aromatic N) is 1. The van der Waals surface area contributed by atoms with Crippen molar-refractivity contribution in [2.24, 2.45) is 0 Å². The van der Waals surface area contributed by atoms with E-state index >= 15 is 0 Å². The summed E-state index contributed by atoms with van der Waals surface area (Å²) in [6, 6.07) is 9.09. The Balaban J connectivity index is 2.23. The highest BCUT2D eigenvalue weighted by molar-refractivity contribution is 6.31. The Bertz CT molecular complexity index is 537. The van der Waals surface area contributed by atoms with Gasteiger partial charge in [0.25, 0.3) is 0 Å². The summed E-state index contributed by atoms with van der Waals surface area (Å²) in [6.45, 7) is 1.91. The van der Waals surface area contributed by atoms with Gasteiger partial charge in [-0.3, -0.25) is 9.78 Å². The van der Waals surface area contributed by atoms with Gasteiger partial charge in [0.2, 0.25) is 0 Å². The average molecular weight is 246 g/mol. The van der Waals surface area contributed by atoms with Crippen molar-refractivity contribution in [3.05, 3.63) is 64.4 Å². The SMILES string of the molecule is Cc1ccc(Cl)cc1C(=O)Cc1cccnc1. The Morgan fingerprint density at radius 2 is 2.18 bits per heavy atom. The second-order valence-corrected chi connectivity index (χ2v) is 4.36. The Hall–Kier alpha value is -1.67. The number of benzene rings is 1. The number of hydrogen-bond donors (Lipinski definition) is 0. The van der Waals surface area contributed by atoms with Crippen LogP contribution in [-0.2, 0) is 6.42 Å². The van der Waals surface area contributed by atoms with Crippen LogP contribution in [-0.4, -0.2) is 10.8 Å². The van der Waals surface area contributed by atoms with E-state index in [1.165, 1.54) is 0 Å². The molecular weight excluding hydrogens is 234 g/mol. The van der Waals surface area contributed by atoms with Crippen molar-refractivity contribution in [2.45, 2.75) is 13.3 Å². The zero-order chi connectivity index (χ0) is 12.3. The number of carbonyl (C=O) groups is 1. The highest BCUT2D eigenvalue weighted by atomic mass is 35.5. The van der Waals surface area contributed by atoms with Gasteiger partial charge in [-0.25, -0.2) is 0 Å². The molecule has 0 aliphatic rings. The van der Waals surface area contributed by atoms with Crippen LogP contribution in [0.15, 0.2) is 42.7 Å². The van der Waals surface area contributed by atoms with Gasteiger partial charge in [0, 0.05) is 29.4 Å². The first-order valence-electron chi connectivity index (χ1n) is 5.35. The number of aryl methyl sites for hydroxylation is 1. The normalized spacial score (nSPS) is 10.2. The molecule has 2 aromatic rings. The first-order chi connectivity index (χ1) is 8.16. The van der Waals surface area contributed by atoms with Crippen LogP contribution in [0, 0.1) is 6.92 Å². The highest BCUT2D eigenvalue weighted by Crippen LogP contribution is 2.17. The van der Waals surface area contributed by atoms with Gasteiger partial charge in [0.05, 0.1) is 0 Å². The van der Waals surface area contributed by atoms with Gasteiger partial charge in [0.1, 0.15) is 0 Å². The monoisotopic (exact) mass is 245 g/mol. The number of hydrogen-bond acceptors (Lipinski definition) is 2. The van der Waals surface area contributed by atoms with Crippen LogP contribution >= 0.6 is 11.6 Å². The zero-order valence-corrected chi connectivity index (χ0v) is 10.2. The lowest BCUT2D eigenvalue weighted by Gasteiger charge is -2.05. The summed E-state index contributed by atoms with van der Waals surface area (Å²) in [5, 5.41) is 0.588. The molecule has 0 fully saturated rings. The summed E-state index contributed by atoms with van der Waals surface area (Å²) in [7, 11) is 0. The van der Waals surface area contributed by atoms with Gasteiger partial charge in [-0.15, -0.1) is 0 Å². The summed E-state index contributed by atoms with van der Waals surface area (Å²) in [5.41, 5.74) is 2.54. The summed E-state index contributed by atoms with van der Waals surface area (Å²) >= 11 is 5.90. The predicted octanol–water partition coefficient (Wildman–Crippen LogP) is 3.47. The molecule has 0 bridgehead atoms. The molecule has 0 unspecified atom stereocenters. The Labute approximate surface area is 105 Å². The van der Waals surface area contributed by atoms with Gasteiger partial charge < -0.3 is 0 Å². The second-order valence-electron chi connectivity index (χ2n) is 3.92. The summed E-state index contributed by atoms with van der Waals surface area (Å²) < 4.78 is 0. The van der Waals surface area contributed by atoms with Crippen molar-refractivity contribution >= 4 is 17.4 Å². The van der Waals surface area contributed by atoms with Gasteiger partial charge in [-0.1, -0.05) is 23.7 Å². The number of ketones is 1. The molecule has 0 aliphatic carbocycles. The highest BCUT2D eigenvalue weighted by Gasteiger charge is 2.10. The molecule has 0 N–H and O–H groups in total. The number of Topliss-reactive ketones (excluding diaryl/α,β-unsaturated/α-hetero) is 1. The Kier molecular flexibility index (Phi) is 3.55. The minimum Gasteiger partial charge on any atom is -0.294 e. The fraction of sp³-hybridized carbons (Fsp3) is 0.143. The molecule has 3 heteroatoms. The summed E-state index contributed by atoms with van der Waals surface area (Å²) in [4.78, 5) is 16.1. The second kappa shape index (κ2) is 5.11. The quantitative estimate of drug-likeness (QED) is 0.775. The third-order valence-electron chi connectivity index (χ3n) is 2.59. The Morgan fingerprint density at radius 1 is 1.35 bits per heavy atom. The minimum atomic E-state index is 0.0676. The number of pyridine rings is 1. The van der Waals surface area contributed by atoms with E-state index in [-0.39, 0.29) is 5.78 Å². The molecule has 0 saturated carbocycles. The molecule has 1 aromatic heterocycles. The van der Waals surface area contributed by atoms with E-state index in [4.69, 9.17) is 11.6 Å². The number of halogens is 1. The van der Waals surface area contributed by atoms with E-state index in [0.717, 1.165) is 11.1 Å². The molecule has 2 nitrogen and oxygen atoms in total. The van der Waals surface area contributed by atoms with E-state index in [1.54, 1.807) is 24.5 Å². The fourth-order valence-corrected chi connectivity index (χ4v) is 1.85. The molecule has 1 heterocycles. The molecule has 1 aromatic carbocycles. The van der Waals surface area contributed by atoms with E-state index in [2.05, 4.69) is 4.98 Å². The molecule has 0 spiro atoms. The Morgan fingerprint density at radius 3 is 2.88 bits per heavy atom. The lowest BCUT2D eigenvalue weighted by Crippen LogP contribution is -2.05. The van der Waals surface area contributed by atoms with Crippen molar-refractivity contribution in [3.8, 4) is 0 Å². The van der Waals surface area contributed by atoms with Crippen LogP contribution in [0.3, 0.4) is 0 Å². The van der Waals surface area contributed by atoms with E-state index in [0.29, 0.717) is 17.0 Å². The number of rotatable bonds is 3. The van der Waals surface area contributed by atoms with Crippen molar-refractivity contribution in [1.29, 1.82) is 0 Å². The van der Waals surface area contributed by atoms with Crippen LogP contribution in [0.25, 0.3) is 0 Å². The average Bonchev–Trinajstić information content (AvgIpc) is 2.33. The lowest BCUT2D eigenvalue weighted by atomic mass is 10.0. The van der Waals surface area contributed by atoms with Gasteiger partial charge >= 0.3 is 0 Å². The smallest absolute Gasteiger partial charge is 0.167 e. The molecule has 2 rings (SSSR count). The number of carbonyl (C=O) groups excluding carboxylic acids is 1. The maximum Gasteiger partial charge on any atom is 0.167 e. The molecule has 0 saturated heterocycles. The van der Waals surface area contributed by atoms with Crippen LogP contribution in [0.2, 0.25) is 5.02 Å². The lowest BCUT2D eigenvalue weighted by molar-refractivity contribution is 0.0992. The molecule has 86 valence electrons. The summed E-state index contributed by atoms with van der Waals surface area (Å²) in [6.07, 6.45) is 3.76. The van der Waals surface area contributed by atoms with Crippen LogP contribution < -0.4 is 0 Å². The maximum absolute atomic E-state index is 12.1. The van der Waals surface area contributed by atoms with E-state index in [1.807, 2.05) is 25.1 Å². The van der Waals surface area contributed by atoms with E-state index in [9.17, 15) is 4.79 Å². The number of aromatic nitrogens is 1. The first kappa shape index (κ1) is 11.8. The zero-order valence-electron chi connectivity index (χ0n) is 9.48. The minimum absolute atomic E-state index is 0.0676. The van der Waals surface area contributed by atoms with Gasteiger partial charge in [0.15, 0.2) is 5.78 Å².